The first-order valence-corrected chi connectivity index (χ1v) is 7.33. The maximum absolute atomic E-state index is 12.3. The smallest absolute Gasteiger partial charge is 0.239 e. The third kappa shape index (κ3) is 3.41. The van der Waals surface area contributed by atoms with Crippen molar-refractivity contribution in [1.29, 1.82) is 0 Å². The van der Waals surface area contributed by atoms with Crippen molar-refractivity contribution in [3.8, 4) is 0 Å². The molecule has 1 saturated heterocycles. The van der Waals surface area contributed by atoms with Gasteiger partial charge in [-0.25, -0.2) is 0 Å². The molecule has 1 amide bonds. The molecule has 1 unspecified atom stereocenters. The molecule has 0 aromatic carbocycles. The van der Waals surface area contributed by atoms with Crippen molar-refractivity contribution >= 4 is 5.91 Å². The minimum atomic E-state index is -0.0824. The molecule has 1 aromatic rings. The second-order valence-electron chi connectivity index (χ2n) is 5.41. The summed E-state index contributed by atoms with van der Waals surface area (Å²) in [5.74, 6) is 1.59. The number of hydrogen-bond acceptors (Lipinski definition) is 4. The fourth-order valence-corrected chi connectivity index (χ4v) is 2.64. The molecule has 0 aliphatic carbocycles. The van der Waals surface area contributed by atoms with Gasteiger partial charge in [-0.3, -0.25) is 9.69 Å². The second-order valence-corrected chi connectivity index (χ2v) is 5.41. The van der Waals surface area contributed by atoms with E-state index in [9.17, 15) is 4.79 Å². The van der Waals surface area contributed by atoms with Crippen LogP contribution in [0.25, 0.3) is 0 Å². The molecule has 0 saturated carbocycles. The van der Waals surface area contributed by atoms with Crippen molar-refractivity contribution in [2.75, 3.05) is 20.1 Å². The minimum absolute atomic E-state index is 0.0450. The predicted molar refractivity (Wildman–Crippen MR) is 76.0 cm³/mol. The highest BCUT2D eigenvalue weighted by Crippen LogP contribution is 2.20. The number of amides is 1. The highest BCUT2D eigenvalue weighted by molar-refractivity contribution is 5.82. The van der Waals surface area contributed by atoms with Gasteiger partial charge in [0.05, 0.1) is 12.6 Å². The van der Waals surface area contributed by atoms with Crippen LogP contribution in [0.1, 0.15) is 37.7 Å². The van der Waals surface area contributed by atoms with E-state index in [4.69, 9.17) is 9.52 Å². The number of aliphatic hydroxyl groups is 1. The van der Waals surface area contributed by atoms with Crippen molar-refractivity contribution in [3.05, 3.63) is 23.7 Å². The number of likely N-dealkylation sites (N-methyl/N-ethyl adjacent to an activating group) is 1. The molecule has 0 spiro atoms. The number of piperazine rings is 1. The van der Waals surface area contributed by atoms with E-state index >= 15 is 0 Å². The molecule has 2 heterocycles. The Morgan fingerprint density at radius 2 is 2.10 bits per heavy atom. The average Bonchev–Trinajstić information content (AvgIpc) is 2.90. The van der Waals surface area contributed by atoms with Crippen molar-refractivity contribution in [2.24, 2.45) is 0 Å². The number of carbonyl (C=O) groups is 1. The quantitative estimate of drug-likeness (QED) is 0.860. The van der Waals surface area contributed by atoms with Crippen molar-refractivity contribution in [1.82, 2.24) is 9.80 Å². The number of nitrogens with zero attached hydrogens (tertiary/aromatic N) is 2. The topological polar surface area (TPSA) is 56.9 Å². The predicted octanol–water partition coefficient (Wildman–Crippen LogP) is 1.60. The number of hydrogen-bond donors (Lipinski definition) is 1. The van der Waals surface area contributed by atoms with Crippen LogP contribution in [0, 0.1) is 0 Å². The Hall–Kier alpha value is -1.33. The third-order valence-electron chi connectivity index (χ3n) is 3.89. The van der Waals surface area contributed by atoms with Crippen LogP contribution in [-0.4, -0.2) is 47.0 Å². The Morgan fingerprint density at radius 3 is 2.75 bits per heavy atom. The van der Waals surface area contributed by atoms with E-state index in [1.54, 1.807) is 6.07 Å². The van der Waals surface area contributed by atoms with Crippen molar-refractivity contribution < 1.29 is 14.3 Å². The molecule has 1 aromatic heterocycles. The van der Waals surface area contributed by atoms with E-state index in [0.717, 1.165) is 38.1 Å². The van der Waals surface area contributed by atoms with Crippen LogP contribution in [-0.2, 0) is 17.9 Å². The first-order valence-electron chi connectivity index (χ1n) is 7.33. The fraction of sp³-hybridized carbons (Fsp3) is 0.667. The molecule has 1 N–H and O–H groups in total. The molecule has 20 heavy (non-hydrogen) atoms. The lowest BCUT2D eigenvalue weighted by Crippen LogP contribution is -2.55. The van der Waals surface area contributed by atoms with E-state index in [1.807, 2.05) is 18.0 Å². The first kappa shape index (κ1) is 15.1. The van der Waals surface area contributed by atoms with Gasteiger partial charge in [-0.05, 0) is 18.6 Å². The van der Waals surface area contributed by atoms with Gasteiger partial charge in [0.25, 0.3) is 0 Å². The molecule has 1 aliphatic rings. The van der Waals surface area contributed by atoms with Crippen LogP contribution in [0.4, 0.5) is 0 Å². The van der Waals surface area contributed by atoms with Gasteiger partial charge in [-0.1, -0.05) is 19.8 Å². The van der Waals surface area contributed by atoms with Crippen LogP contribution >= 0.6 is 0 Å². The molecule has 1 atom stereocenters. The zero-order valence-electron chi connectivity index (χ0n) is 12.3. The van der Waals surface area contributed by atoms with Crippen LogP contribution in [0.5, 0.6) is 0 Å². The molecular weight excluding hydrogens is 256 g/mol. The summed E-state index contributed by atoms with van der Waals surface area (Å²) in [5, 5.41) is 9.03. The number of rotatable bonds is 6. The first-order chi connectivity index (χ1) is 9.65. The Morgan fingerprint density at radius 1 is 1.35 bits per heavy atom. The van der Waals surface area contributed by atoms with E-state index in [-0.39, 0.29) is 18.6 Å². The third-order valence-corrected chi connectivity index (χ3v) is 3.89. The Balaban J connectivity index is 2.04. The van der Waals surface area contributed by atoms with E-state index < -0.39 is 0 Å². The number of carbonyl (C=O) groups excluding carboxylic acids is 1. The zero-order chi connectivity index (χ0) is 14.5. The second kappa shape index (κ2) is 6.90. The summed E-state index contributed by atoms with van der Waals surface area (Å²) >= 11 is 0. The summed E-state index contributed by atoms with van der Waals surface area (Å²) in [7, 11) is 1.87. The van der Waals surface area contributed by atoms with E-state index in [2.05, 4.69) is 11.8 Å². The summed E-state index contributed by atoms with van der Waals surface area (Å²) in [4.78, 5) is 16.3. The largest absolute Gasteiger partial charge is 0.462 e. The van der Waals surface area contributed by atoms with Crippen LogP contribution in [0.3, 0.4) is 0 Å². The molecule has 5 heteroatoms. The van der Waals surface area contributed by atoms with Gasteiger partial charge in [-0.15, -0.1) is 0 Å². The highest BCUT2D eigenvalue weighted by atomic mass is 16.4. The summed E-state index contributed by atoms with van der Waals surface area (Å²) in [6.45, 7) is 4.32. The van der Waals surface area contributed by atoms with Gasteiger partial charge in [0, 0.05) is 20.1 Å². The lowest BCUT2D eigenvalue weighted by molar-refractivity contribution is -0.141. The Kier molecular flexibility index (Phi) is 5.20. The Bertz CT molecular complexity index is 444. The Labute approximate surface area is 120 Å². The maximum Gasteiger partial charge on any atom is 0.239 e. The minimum Gasteiger partial charge on any atom is -0.462 e. The van der Waals surface area contributed by atoms with E-state index in [0.29, 0.717) is 12.3 Å². The van der Waals surface area contributed by atoms with Gasteiger partial charge >= 0.3 is 0 Å². The van der Waals surface area contributed by atoms with Gasteiger partial charge < -0.3 is 14.4 Å². The summed E-state index contributed by atoms with van der Waals surface area (Å²) in [6.07, 6.45) is 3.05. The normalized spacial score (nSPS) is 20.6. The van der Waals surface area contributed by atoms with Crippen molar-refractivity contribution in [2.45, 2.75) is 45.4 Å². The van der Waals surface area contributed by atoms with Gasteiger partial charge in [0.2, 0.25) is 5.91 Å². The van der Waals surface area contributed by atoms with Crippen molar-refractivity contribution in [3.63, 3.8) is 0 Å². The summed E-state index contributed by atoms with van der Waals surface area (Å²) in [5.41, 5.74) is 0. The fourth-order valence-electron chi connectivity index (χ4n) is 2.64. The number of furan rings is 1. The van der Waals surface area contributed by atoms with Crippen LogP contribution in [0.15, 0.2) is 16.5 Å². The summed E-state index contributed by atoms with van der Waals surface area (Å²) < 4.78 is 5.53. The standard InChI is InChI=1S/C15H24N2O3/c1-3-4-5-14-15(19)16(2)8-9-17(14)10-12-6-7-13(11-18)20-12/h6-7,14,18H,3-5,8-11H2,1-2H3. The number of unbranched alkanes of at least 4 members (excludes halogenated alkanes) is 1. The maximum atomic E-state index is 12.3. The van der Waals surface area contributed by atoms with Crippen LogP contribution < -0.4 is 0 Å². The molecule has 5 nitrogen and oxygen atoms in total. The molecule has 0 bridgehead atoms. The lowest BCUT2D eigenvalue weighted by atomic mass is 10.0. The van der Waals surface area contributed by atoms with Gasteiger partial charge in [0.15, 0.2) is 0 Å². The molecular formula is C15H24N2O3. The zero-order valence-corrected chi connectivity index (χ0v) is 12.3. The molecule has 112 valence electrons. The number of aliphatic hydroxyl groups excluding tert-OH is 1. The molecule has 0 radical (unpaired) electrons. The van der Waals surface area contributed by atoms with Crippen LogP contribution in [0.2, 0.25) is 0 Å². The van der Waals surface area contributed by atoms with Gasteiger partial charge in [0.1, 0.15) is 18.1 Å². The summed E-state index contributed by atoms with van der Waals surface area (Å²) in [6, 6.07) is 3.62. The molecule has 2 rings (SSSR count). The molecule has 1 fully saturated rings. The SMILES string of the molecule is CCCCC1C(=O)N(C)CCN1Cc1ccc(CO)o1. The highest BCUT2D eigenvalue weighted by Gasteiger charge is 2.32. The monoisotopic (exact) mass is 280 g/mol. The van der Waals surface area contributed by atoms with Gasteiger partial charge in [-0.2, -0.15) is 0 Å². The average molecular weight is 280 g/mol. The molecule has 1 aliphatic heterocycles. The lowest BCUT2D eigenvalue weighted by Gasteiger charge is -2.38. The van der Waals surface area contributed by atoms with E-state index in [1.165, 1.54) is 0 Å².